The highest BCUT2D eigenvalue weighted by Crippen LogP contribution is 2.62. The Hall–Kier alpha value is -5.50. The molecule has 26 nitrogen and oxygen atoms in total. The number of Topliss-reactive ketones (excluding diaryl/α,β-unsaturated/α-hetero) is 2. The SMILES string of the molecule is CC1(C)[C@H](C(=O)O[C@H](C#N)c2cccc(Oc3ccccc3)c2)[C@@H]1C=C(Br)Br.CC[C@H]1CCC[C@H](O[C@H]2CC[C@H](N(C)C)[C@@H](C)O2)[C@@H](C)C(=O)C2=C[C@@H]3[C@@H](C=C(C)[C@@H]4C[C@@H](O[C@@H]5O[C@@H](C)[C@H](OC)[C@@H](OC)[C@H]5OC)C[C@@H]34)[C@@H]2CC(=O)O1.CC[C@H]1CCC[C@H](O[C@H]2CC[C@H](N(C)C)[C@@H](C)O2)[C@@H](C)C(=O)C2=C[C@@H]3[C@@H](C=C[C@@H]4C[C@@H](O[C@@H]5O[C@@H](C)[C@H](OC)[C@@H](OC)[C@H]5OC)C[C@@H]34)[C@@H]2CC(=O)O1. The molecule has 6 heterocycles. The van der Waals surface area contributed by atoms with Crippen LogP contribution in [-0.2, 0) is 104 Å². The summed E-state index contributed by atoms with van der Waals surface area (Å²) in [6, 6.07) is 19.2. The standard InChI is InChI=1S/C42H67NO10.C41H65NO10.C22H19Br2NO3/c1-11-26-13-12-14-35(53-37-16-15-34(43(6)7)24(4)49-37)23(3)38(45)33-20-31-29(32(33)21-36(44)51-26)17-22(2)28-18-27(19-30(28)31)52-42-41(48-10)40(47-9)39(46-8)25(5)50-42;1-10-26-12-11-13-34(52-36-17-16-33(42(5)6)23(3)48-36)22(2)37(44)32-20-30-28(31(32)21-35(43)50-26)15-14-25-18-27(19-29(25)30)51-41-40(47-9)39(46-8)38(45-7)24(4)49-41;1-22(2)17(12-19(23)24)20(22)21(26)28-18(13-25)14-7-6-10-16(11-14)27-15-8-4-3-5-9-15/h17,20,23-32,34-35,37,39-42H,11-16,18-19,21H2,1-10H3;14-15,20,22-31,33-34,36,38-41H,10-13,16-19,21H2,1-9H3;3-12,17-18,20H,1-2H3/t23-,24-,25+,26+,27-,28+,29-,30-,31-,32+,34+,35+,37+,39+,40-,41-,42+;22-,23-,24+,25-,26+,27-,28-,29-,30-,31+,33+,34+,36+,38+,39-,40-,41+;17-,18+,20-/m110/s1. The molecule has 28 heteroatoms. The van der Waals surface area contributed by atoms with Crippen LogP contribution in [0, 0.1) is 99.6 Å². The largest absolute Gasteiger partial charge is 0.462 e. The van der Waals surface area contributed by atoms with Gasteiger partial charge in [0.05, 0.1) is 71.0 Å². The van der Waals surface area contributed by atoms with Crippen LogP contribution in [0.4, 0.5) is 0 Å². The summed E-state index contributed by atoms with van der Waals surface area (Å²) in [5, 5.41) is 9.56. The molecule has 0 bridgehead atoms. The molecule has 0 N–H and O–H groups in total. The minimum Gasteiger partial charge on any atom is -0.462 e. The van der Waals surface area contributed by atoms with Gasteiger partial charge in [0.2, 0.25) is 6.10 Å². The number of hydrogen-bond acceptors (Lipinski definition) is 26. The quantitative estimate of drug-likeness (QED) is 0.0536. The van der Waals surface area contributed by atoms with Gasteiger partial charge in [-0.1, -0.05) is 114 Å². The highest BCUT2D eigenvalue weighted by atomic mass is 79.9. The third-order valence-electron chi connectivity index (χ3n) is 31.9. The van der Waals surface area contributed by atoms with Gasteiger partial charge >= 0.3 is 17.9 Å². The maximum absolute atomic E-state index is 14.7. The van der Waals surface area contributed by atoms with Crippen LogP contribution >= 0.6 is 31.9 Å². The van der Waals surface area contributed by atoms with Gasteiger partial charge in [0.15, 0.2) is 36.7 Å². The lowest BCUT2D eigenvalue weighted by Crippen LogP contribution is -2.59. The van der Waals surface area contributed by atoms with Crippen molar-refractivity contribution in [2.24, 2.45) is 88.3 Å². The van der Waals surface area contributed by atoms with Gasteiger partial charge in [0.1, 0.15) is 66.4 Å². The molecule has 9 fully saturated rings. The van der Waals surface area contributed by atoms with Crippen molar-refractivity contribution in [3.8, 4) is 17.6 Å². The van der Waals surface area contributed by atoms with Crippen LogP contribution in [0.25, 0.3) is 0 Å². The summed E-state index contributed by atoms with van der Waals surface area (Å²) in [4.78, 5) is 73.6. The molecule has 6 aliphatic heterocycles. The number of cyclic esters (lactones) is 2. The van der Waals surface area contributed by atoms with Crippen molar-refractivity contribution in [3.63, 3.8) is 0 Å². The van der Waals surface area contributed by atoms with E-state index >= 15 is 0 Å². The van der Waals surface area contributed by atoms with Crippen LogP contribution in [0.1, 0.15) is 203 Å². The van der Waals surface area contributed by atoms with Crippen molar-refractivity contribution in [2.75, 3.05) is 70.8 Å². The number of ketones is 2. The topological polar surface area (TPSA) is 282 Å². The zero-order chi connectivity index (χ0) is 95.7. The van der Waals surface area contributed by atoms with E-state index in [0.29, 0.717) is 53.8 Å². The monoisotopic (exact) mass is 1980 g/mol. The van der Waals surface area contributed by atoms with Crippen molar-refractivity contribution in [3.05, 3.63) is 117 Å². The molecule has 13 aliphatic rings. The number of hydrogen-bond donors (Lipinski definition) is 0. The summed E-state index contributed by atoms with van der Waals surface area (Å²) >= 11 is 6.68. The smallest absolute Gasteiger partial charge is 0.311 e. The number of methoxy groups -OCH3 is 6. The summed E-state index contributed by atoms with van der Waals surface area (Å²) in [5.41, 5.74) is 3.21. The van der Waals surface area contributed by atoms with Gasteiger partial charge in [-0.25, -0.2) is 0 Å². The third kappa shape index (κ3) is 24.4. The molecule has 738 valence electrons. The zero-order valence-corrected chi connectivity index (χ0v) is 85.4. The fraction of sp³-hybridized carbons (Fsp3) is 0.733. The number of likely N-dealkylation sites (N-methyl/N-ethyl adjacent to an activating group) is 2. The molecule has 133 heavy (non-hydrogen) atoms. The molecular weight excluding hydrogens is 1830 g/mol. The molecule has 2 aromatic carbocycles. The predicted octanol–water partition coefficient (Wildman–Crippen LogP) is 17.9. The first-order valence-electron chi connectivity index (χ1n) is 49.1. The summed E-state index contributed by atoms with van der Waals surface area (Å²) in [6.07, 6.45) is 20.4. The van der Waals surface area contributed by atoms with E-state index in [9.17, 15) is 29.2 Å². The van der Waals surface area contributed by atoms with Crippen molar-refractivity contribution in [1.29, 1.82) is 5.26 Å². The Morgan fingerprint density at radius 1 is 0.534 bits per heavy atom. The number of fused-ring (bicyclic) bond motifs is 10. The number of para-hydroxylation sites is 1. The number of nitrogens with zero attached hydrogens (tertiary/aromatic N) is 3. The number of halogens is 2. The summed E-state index contributed by atoms with van der Waals surface area (Å²) in [6.45, 7) is 22.6. The van der Waals surface area contributed by atoms with E-state index in [-0.39, 0.29) is 217 Å². The molecule has 0 aromatic heterocycles. The van der Waals surface area contributed by atoms with Gasteiger partial charge in [0, 0.05) is 84.0 Å². The van der Waals surface area contributed by atoms with Crippen LogP contribution in [0.3, 0.4) is 0 Å². The number of carbonyl (C=O) groups is 5. The van der Waals surface area contributed by atoms with Gasteiger partial charge in [0.25, 0.3) is 0 Å². The molecule has 15 rings (SSSR count). The molecular formula is C105H151Br2N3O23. The number of allylic oxidation sites excluding steroid dienone is 9. The van der Waals surface area contributed by atoms with Crippen molar-refractivity contribution < 1.29 is 109 Å². The first-order valence-corrected chi connectivity index (χ1v) is 50.7. The van der Waals surface area contributed by atoms with Crippen LogP contribution in [0.15, 0.2) is 111 Å². The van der Waals surface area contributed by atoms with E-state index in [2.05, 4.69) is 141 Å². The summed E-state index contributed by atoms with van der Waals surface area (Å²) in [5.74, 6) is 0.712. The fourth-order valence-electron chi connectivity index (χ4n) is 24.5. The van der Waals surface area contributed by atoms with Crippen molar-refractivity contribution in [1.82, 2.24) is 9.80 Å². The number of ether oxygens (including phenoxy) is 18. The molecule has 0 unspecified atom stereocenters. The van der Waals surface area contributed by atoms with E-state index in [1.165, 1.54) is 5.57 Å². The summed E-state index contributed by atoms with van der Waals surface area (Å²) in [7, 11) is 18.3. The molecule has 37 atom stereocenters. The van der Waals surface area contributed by atoms with Gasteiger partial charge in [-0.15, -0.1) is 0 Å². The van der Waals surface area contributed by atoms with Crippen molar-refractivity contribution in [2.45, 2.75) is 333 Å². The van der Waals surface area contributed by atoms with E-state index in [4.69, 9.17) is 85.3 Å². The second kappa shape index (κ2) is 47.2. The molecule has 0 radical (unpaired) electrons. The molecule has 0 amide bonds. The average Bonchev–Trinajstić information content (AvgIpc) is 1.57. The Labute approximate surface area is 806 Å². The highest BCUT2D eigenvalue weighted by molar-refractivity contribution is 9.28. The molecule has 6 saturated heterocycles. The number of benzene rings is 2. The molecule has 0 spiro atoms. The Balaban J connectivity index is 0.000000178. The number of carbonyl (C=O) groups excluding carboxylic acids is 5. The first-order chi connectivity index (χ1) is 63.7. The summed E-state index contributed by atoms with van der Waals surface area (Å²) < 4.78 is 111. The molecule has 7 aliphatic carbocycles. The maximum atomic E-state index is 14.7. The molecule has 3 saturated carbocycles. The van der Waals surface area contributed by atoms with Crippen LogP contribution in [0.5, 0.6) is 11.5 Å². The fourth-order valence-corrected chi connectivity index (χ4v) is 25.0. The lowest BCUT2D eigenvalue weighted by molar-refractivity contribution is -0.314. The maximum Gasteiger partial charge on any atom is 0.311 e. The van der Waals surface area contributed by atoms with Crippen LogP contribution < -0.4 is 4.74 Å². The van der Waals surface area contributed by atoms with E-state index in [1.807, 2.05) is 78.0 Å². The minimum atomic E-state index is -0.986. The highest BCUT2D eigenvalue weighted by Gasteiger charge is 2.63. The van der Waals surface area contributed by atoms with Crippen molar-refractivity contribution >= 4 is 61.3 Å². The number of nitriles is 1. The van der Waals surface area contributed by atoms with Crippen LogP contribution in [-0.4, -0.2) is 245 Å². The normalized spacial score (nSPS) is 40.2. The van der Waals surface area contributed by atoms with E-state index < -0.39 is 30.9 Å². The number of esters is 3. The second-order valence-electron chi connectivity index (χ2n) is 40.7. The van der Waals surface area contributed by atoms with Gasteiger partial charge in [-0.3, -0.25) is 24.0 Å². The predicted molar refractivity (Wildman–Crippen MR) is 507 cm³/mol. The van der Waals surface area contributed by atoms with Gasteiger partial charge in [-0.05, 0) is 291 Å². The molecule has 2 aromatic rings. The Bertz CT molecular complexity index is 4420. The lowest BCUT2D eigenvalue weighted by Gasteiger charge is -2.44. The zero-order valence-electron chi connectivity index (χ0n) is 82.2. The van der Waals surface area contributed by atoms with E-state index in [1.54, 1.807) is 66.9 Å². The second-order valence-corrected chi connectivity index (χ2v) is 43.5. The van der Waals surface area contributed by atoms with Crippen LogP contribution in [0.2, 0.25) is 0 Å². The minimum absolute atomic E-state index is 0.0364. The average molecular weight is 1980 g/mol. The number of rotatable bonds is 24. The van der Waals surface area contributed by atoms with E-state index in [0.717, 1.165) is 104 Å². The third-order valence-corrected chi connectivity index (χ3v) is 32.4. The van der Waals surface area contributed by atoms with Gasteiger partial charge in [-0.2, -0.15) is 5.26 Å². The Kier molecular flexibility index (Phi) is 37.2. The lowest BCUT2D eigenvalue weighted by atomic mass is 9.67. The Morgan fingerprint density at radius 2 is 1.02 bits per heavy atom. The van der Waals surface area contributed by atoms with Gasteiger partial charge < -0.3 is 95.1 Å². The first kappa shape index (κ1) is 105. The Morgan fingerprint density at radius 3 is 1.49 bits per heavy atom.